The van der Waals surface area contributed by atoms with Crippen molar-refractivity contribution in [2.24, 2.45) is 7.05 Å². The molecule has 0 saturated carbocycles. The molecule has 1 aromatic heterocycles. The Morgan fingerprint density at radius 1 is 0.878 bits per heavy atom. The highest BCUT2D eigenvalue weighted by molar-refractivity contribution is 9.09. The molecule has 41 heavy (non-hydrogen) atoms. The topological polar surface area (TPSA) is 80.9 Å². The molecule has 0 unspecified atom stereocenters. The third-order valence-corrected chi connectivity index (χ3v) is 8.56. The molecule has 3 atom stereocenters. The fourth-order valence-corrected chi connectivity index (χ4v) is 5.94. The first-order valence-electron chi connectivity index (χ1n) is 13.4. The number of aryl methyl sites for hydroxylation is 1. The number of methoxy groups -OCH3 is 2. The lowest BCUT2D eigenvalue weighted by molar-refractivity contribution is -0.0765. The van der Waals surface area contributed by atoms with E-state index in [-0.39, 0.29) is 23.1 Å². The molecule has 0 spiro atoms. The van der Waals surface area contributed by atoms with Crippen LogP contribution < -0.4 is 20.7 Å². The van der Waals surface area contributed by atoms with Gasteiger partial charge in [-0.05, 0) is 47.9 Å². The van der Waals surface area contributed by atoms with Crippen molar-refractivity contribution in [1.82, 2.24) is 9.13 Å². The monoisotopic (exact) mass is 620 g/mol. The number of hydrogen-bond donors (Lipinski definition) is 0. The Labute approximate surface area is 247 Å². The second-order valence-corrected chi connectivity index (χ2v) is 11.2. The summed E-state index contributed by atoms with van der Waals surface area (Å²) in [4.78, 5) is 25.1. The smallest absolute Gasteiger partial charge is 0.332 e. The molecule has 0 bridgehead atoms. The fraction of sp³-hybridized carbons (Fsp3) is 0.312. The Hall–Kier alpha value is -3.66. The molecule has 1 aliphatic rings. The summed E-state index contributed by atoms with van der Waals surface area (Å²) in [5.41, 5.74) is 1.54. The van der Waals surface area contributed by atoms with E-state index >= 15 is 0 Å². The van der Waals surface area contributed by atoms with Gasteiger partial charge in [-0.2, -0.15) is 0 Å². The van der Waals surface area contributed by atoms with E-state index in [2.05, 4.69) is 15.9 Å². The molecule has 2 heterocycles. The number of alkyl halides is 1. The molecule has 0 N–H and O–H groups in total. The molecule has 1 saturated heterocycles. The summed E-state index contributed by atoms with van der Waals surface area (Å²) in [6.45, 7) is 1.91. The van der Waals surface area contributed by atoms with Gasteiger partial charge in [0.05, 0.1) is 26.9 Å². The number of halogens is 1. The lowest BCUT2D eigenvalue weighted by Gasteiger charge is -2.37. The summed E-state index contributed by atoms with van der Waals surface area (Å²) < 4.78 is 26.9. The normalized spacial score (nSPS) is 18.8. The van der Waals surface area contributed by atoms with Crippen LogP contribution in [0.2, 0.25) is 0 Å². The molecule has 8 nitrogen and oxygen atoms in total. The molecule has 0 radical (unpaired) electrons. The standard InChI is InChI=1S/C32H33BrN2O6/c1-21-19-35(31(37)34(2)30(21)36)29-18-27(33)28(41-29)20-40-32(22-8-6-5-7-9-22,23-10-14-25(38-3)15-11-23)24-12-16-26(39-4)17-13-24/h5-17,19,27-29H,18,20H2,1-4H3/t27-,28+,29+/m0/s1. The number of benzene rings is 3. The van der Waals surface area contributed by atoms with Crippen LogP contribution in [0.5, 0.6) is 11.5 Å². The van der Waals surface area contributed by atoms with Crippen LogP contribution in [0.1, 0.15) is 34.9 Å². The molecule has 0 amide bonds. The zero-order valence-electron chi connectivity index (χ0n) is 23.5. The first-order valence-corrected chi connectivity index (χ1v) is 14.3. The van der Waals surface area contributed by atoms with Crippen molar-refractivity contribution >= 4 is 15.9 Å². The minimum absolute atomic E-state index is 0.0860. The van der Waals surface area contributed by atoms with Crippen LogP contribution in [0, 0.1) is 6.92 Å². The van der Waals surface area contributed by atoms with E-state index < -0.39 is 17.5 Å². The average Bonchev–Trinajstić information content (AvgIpc) is 3.39. The zero-order chi connectivity index (χ0) is 29.1. The highest BCUT2D eigenvalue weighted by Gasteiger charge is 2.42. The van der Waals surface area contributed by atoms with Crippen LogP contribution in [-0.4, -0.2) is 40.9 Å². The Morgan fingerprint density at radius 3 is 1.95 bits per heavy atom. The van der Waals surface area contributed by atoms with Gasteiger partial charge in [-0.15, -0.1) is 0 Å². The van der Waals surface area contributed by atoms with Crippen molar-refractivity contribution in [2.45, 2.75) is 36.1 Å². The predicted octanol–water partition coefficient (Wildman–Crippen LogP) is 4.93. The third-order valence-electron chi connectivity index (χ3n) is 7.59. The largest absolute Gasteiger partial charge is 0.497 e. The van der Waals surface area contributed by atoms with Gasteiger partial charge in [0.1, 0.15) is 23.3 Å². The molecule has 3 aromatic carbocycles. The van der Waals surface area contributed by atoms with Crippen LogP contribution in [0.15, 0.2) is 94.6 Å². The summed E-state index contributed by atoms with van der Waals surface area (Å²) in [5, 5.41) is 0. The molecule has 0 aliphatic carbocycles. The number of rotatable bonds is 9. The van der Waals surface area contributed by atoms with Crippen molar-refractivity contribution in [1.29, 1.82) is 0 Å². The molecule has 1 fully saturated rings. The van der Waals surface area contributed by atoms with Gasteiger partial charge in [0.15, 0.2) is 0 Å². The second kappa shape index (κ2) is 12.1. The summed E-state index contributed by atoms with van der Waals surface area (Å²) in [7, 11) is 4.76. The molecule has 4 aromatic rings. The zero-order valence-corrected chi connectivity index (χ0v) is 25.0. The Balaban J connectivity index is 1.54. The Kier molecular flexibility index (Phi) is 8.49. The Morgan fingerprint density at radius 2 is 1.41 bits per heavy atom. The molecular formula is C32H33BrN2O6. The van der Waals surface area contributed by atoms with Crippen LogP contribution in [0.4, 0.5) is 0 Å². The van der Waals surface area contributed by atoms with Crippen molar-refractivity contribution < 1.29 is 18.9 Å². The Bertz CT molecular complexity index is 1550. The van der Waals surface area contributed by atoms with Crippen LogP contribution in [0.3, 0.4) is 0 Å². The van der Waals surface area contributed by atoms with Gasteiger partial charge in [-0.3, -0.25) is 13.9 Å². The van der Waals surface area contributed by atoms with Crippen molar-refractivity contribution in [3.05, 3.63) is 128 Å². The quantitative estimate of drug-likeness (QED) is 0.195. The van der Waals surface area contributed by atoms with Crippen molar-refractivity contribution in [3.8, 4) is 11.5 Å². The van der Waals surface area contributed by atoms with Gasteiger partial charge in [0, 0.05) is 30.1 Å². The fourth-order valence-electron chi connectivity index (χ4n) is 5.34. The summed E-state index contributed by atoms with van der Waals surface area (Å²) in [6, 6.07) is 25.8. The van der Waals surface area contributed by atoms with Crippen molar-refractivity contribution in [2.75, 3.05) is 20.8 Å². The van der Waals surface area contributed by atoms with Crippen molar-refractivity contribution in [3.63, 3.8) is 0 Å². The first-order chi connectivity index (χ1) is 19.8. The lowest BCUT2D eigenvalue weighted by atomic mass is 9.80. The first kappa shape index (κ1) is 28.9. The van der Waals surface area contributed by atoms with E-state index in [1.807, 2.05) is 78.9 Å². The lowest BCUT2D eigenvalue weighted by Crippen LogP contribution is -2.40. The number of nitrogens with zero attached hydrogens (tertiary/aromatic N) is 2. The van der Waals surface area contributed by atoms with Gasteiger partial charge in [-0.1, -0.05) is 70.5 Å². The summed E-state index contributed by atoms with van der Waals surface area (Å²) >= 11 is 3.77. The minimum Gasteiger partial charge on any atom is -0.497 e. The van der Waals surface area contributed by atoms with Gasteiger partial charge < -0.3 is 18.9 Å². The van der Waals surface area contributed by atoms with E-state index in [4.69, 9.17) is 18.9 Å². The van der Waals surface area contributed by atoms with E-state index in [0.29, 0.717) is 12.0 Å². The van der Waals surface area contributed by atoms with E-state index in [1.54, 1.807) is 27.3 Å². The average molecular weight is 622 g/mol. The van der Waals surface area contributed by atoms with Gasteiger partial charge >= 0.3 is 5.69 Å². The maximum absolute atomic E-state index is 12.9. The number of aromatic nitrogens is 2. The van der Waals surface area contributed by atoms with Crippen LogP contribution in [-0.2, 0) is 22.1 Å². The number of ether oxygens (including phenoxy) is 4. The van der Waals surface area contributed by atoms with E-state index in [9.17, 15) is 9.59 Å². The minimum atomic E-state index is -0.988. The van der Waals surface area contributed by atoms with Gasteiger partial charge in [-0.25, -0.2) is 4.79 Å². The highest BCUT2D eigenvalue weighted by Crippen LogP contribution is 2.43. The SMILES string of the molecule is COc1ccc(C(OC[C@H]2O[C@@H](n3cc(C)c(=O)n(C)c3=O)C[C@@H]2Br)(c2ccccc2)c2ccc(OC)cc2)cc1. The maximum Gasteiger partial charge on any atom is 0.332 e. The summed E-state index contributed by atoms with van der Waals surface area (Å²) in [6.07, 6.45) is 1.19. The van der Waals surface area contributed by atoms with Gasteiger partial charge in [0.2, 0.25) is 0 Å². The third kappa shape index (κ3) is 5.49. The maximum atomic E-state index is 12.9. The molecule has 214 valence electrons. The highest BCUT2D eigenvalue weighted by atomic mass is 79.9. The van der Waals surface area contributed by atoms with E-state index in [0.717, 1.165) is 32.8 Å². The van der Waals surface area contributed by atoms with E-state index in [1.165, 1.54) is 11.6 Å². The molecular weight excluding hydrogens is 588 g/mol. The van der Waals surface area contributed by atoms with Crippen LogP contribution in [0.25, 0.3) is 0 Å². The second-order valence-electron chi connectivity index (χ2n) is 10.1. The summed E-state index contributed by atoms with van der Waals surface area (Å²) in [5.74, 6) is 1.48. The number of hydrogen-bond acceptors (Lipinski definition) is 6. The van der Waals surface area contributed by atoms with Gasteiger partial charge in [0.25, 0.3) is 5.56 Å². The molecule has 5 rings (SSSR count). The van der Waals surface area contributed by atoms with Crippen LogP contribution >= 0.6 is 15.9 Å². The predicted molar refractivity (Wildman–Crippen MR) is 160 cm³/mol. The molecule has 1 aliphatic heterocycles. The molecule has 9 heteroatoms.